The Kier molecular flexibility index (Phi) is 4.20. The van der Waals surface area contributed by atoms with E-state index in [1.54, 1.807) is 0 Å². The molecule has 0 heterocycles. The zero-order valence-electron chi connectivity index (χ0n) is 10.8. The SMILES string of the molecule is CC(N)c1cccc(NC(=O)NC2CCCC2)c1. The molecule has 0 saturated heterocycles. The fourth-order valence-electron chi connectivity index (χ4n) is 2.32. The molecule has 4 heteroatoms. The average Bonchev–Trinajstić information content (AvgIpc) is 2.82. The minimum atomic E-state index is -0.122. The number of anilines is 1. The van der Waals surface area contributed by atoms with Crippen molar-refractivity contribution in [3.63, 3.8) is 0 Å². The van der Waals surface area contributed by atoms with Crippen LogP contribution in [0.2, 0.25) is 0 Å². The van der Waals surface area contributed by atoms with Gasteiger partial charge in [0, 0.05) is 17.8 Å². The van der Waals surface area contributed by atoms with Gasteiger partial charge in [-0.15, -0.1) is 0 Å². The first-order valence-corrected chi connectivity index (χ1v) is 6.58. The highest BCUT2D eigenvalue weighted by Gasteiger charge is 2.16. The third kappa shape index (κ3) is 3.47. The highest BCUT2D eigenvalue weighted by Crippen LogP contribution is 2.18. The summed E-state index contributed by atoms with van der Waals surface area (Å²) in [5.74, 6) is 0. The Balaban J connectivity index is 1.91. The summed E-state index contributed by atoms with van der Waals surface area (Å²) in [5, 5.41) is 5.85. The van der Waals surface area contributed by atoms with Gasteiger partial charge < -0.3 is 16.4 Å². The lowest BCUT2D eigenvalue weighted by Gasteiger charge is -2.14. The van der Waals surface area contributed by atoms with Crippen LogP contribution in [0.25, 0.3) is 0 Å². The molecular weight excluding hydrogens is 226 g/mol. The van der Waals surface area contributed by atoms with Crippen LogP contribution in [-0.4, -0.2) is 12.1 Å². The maximum Gasteiger partial charge on any atom is 0.319 e. The Morgan fingerprint density at radius 3 is 2.78 bits per heavy atom. The molecule has 1 atom stereocenters. The van der Waals surface area contributed by atoms with Crippen molar-refractivity contribution in [1.82, 2.24) is 5.32 Å². The van der Waals surface area contributed by atoms with Crippen LogP contribution in [-0.2, 0) is 0 Å². The number of urea groups is 1. The van der Waals surface area contributed by atoms with E-state index in [0.717, 1.165) is 24.1 Å². The summed E-state index contributed by atoms with van der Waals surface area (Å²) in [6, 6.07) is 7.85. The first-order valence-electron chi connectivity index (χ1n) is 6.58. The van der Waals surface area contributed by atoms with Gasteiger partial charge in [-0.2, -0.15) is 0 Å². The number of hydrogen-bond acceptors (Lipinski definition) is 2. The molecule has 4 nitrogen and oxygen atoms in total. The Bertz CT molecular complexity index is 411. The second kappa shape index (κ2) is 5.87. The Morgan fingerprint density at radius 1 is 1.39 bits per heavy atom. The quantitative estimate of drug-likeness (QED) is 0.768. The van der Waals surface area contributed by atoms with Crippen LogP contribution < -0.4 is 16.4 Å². The fourth-order valence-corrected chi connectivity index (χ4v) is 2.32. The zero-order chi connectivity index (χ0) is 13.0. The van der Waals surface area contributed by atoms with Crippen LogP contribution in [0.1, 0.15) is 44.2 Å². The van der Waals surface area contributed by atoms with E-state index in [4.69, 9.17) is 5.73 Å². The summed E-state index contributed by atoms with van der Waals surface area (Å²) >= 11 is 0. The maximum atomic E-state index is 11.8. The molecule has 2 rings (SSSR count). The molecule has 1 aliphatic rings. The van der Waals surface area contributed by atoms with Gasteiger partial charge in [-0.25, -0.2) is 4.79 Å². The van der Waals surface area contributed by atoms with Crippen molar-refractivity contribution in [3.05, 3.63) is 29.8 Å². The van der Waals surface area contributed by atoms with Gasteiger partial charge in [0.2, 0.25) is 0 Å². The second-order valence-electron chi connectivity index (χ2n) is 4.99. The summed E-state index contributed by atoms with van der Waals surface area (Å²) < 4.78 is 0. The lowest BCUT2D eigenvalue weighted by Crippen LogP contribution is -2.36. The lowest BCUT2D eigenvalue weighted by molar-refractivity contribution is 0.248. The number of nitrogens with two attached hydrogens (primary N) is 1. The molecule has 1 aliphatic carbocycles. The summed E-state index contributed by atoms with van der Waals surface area (Å²) in [7, 11) is 0. The van der Waals surface area contributed by atoms with Crippen molar-refractivity contribution < 1.29 is 4.79 Å². The highest BCUT2D eigenvalue weighted by atomic mass is 16.2. The van der Waals surface area contributed by atoms with E-state index in [0.29, 0.717) is 6.04 Å². The van der Waals surface area contributed by atoms with E-state index in [2.05, 4.69) is 10.6 Å². The van der Waals surface area contributed by atoms with Crippen LogP contribution in [0.5, 0.6) is 0 Å². The summed E-state index contributed by atoms with van der Waals surface area (Å²) in [5.41, 5.74) is 7.63. The Morgan fingerprint density at radius 2 is 2.11 bits per heavy atom. The molecule has 1 saturated carbocycles. The van der Waals surface area contributed by atoms with Gasteiger partial charge in [-0.05, 0) is 37.5 Å². The van der Waals surface area contributed by atoms with E-state index < -0.39 is 0 Å². The van der Waals surface area contributed by atoms with Crippen LogP contribution in [0, 0.1) is 0 Å². The topological polar surface area (TPSA) is 67.1 Å². The maximum absolute atomic E-state index is 11.8. The predicted molar refractivity (Wildman–Crippen MR) is 73.5 cm³/mol. The molecule has 1 unspecified atom stereocenters. The van der Waals surface area contributed by atoms with Crippen molar-refractivity contribution in [2.45, 2.75) is 44.7 Å². The normalized spacial score (nSPS) is 17.4. The van der Waals surface area contributed by atoms with E-state index in [-0.39, 0.29) is 12.1 Å². The molecule has 0 aliphatic heterocycles. The monoisotopic (exact) mass is 247 g/mol. The summed E-state index contributed by atoms with van der Waals surface area (Å²) in [4.78, 5) is 11.8. The van der Waals surface area contributed by atoms with Crippen molar-refractivity contribution in [2.75, 3.05) is 5.32 Å². The van der Waals surface area contributed by atoms with E-state index in [1.165, 1.54) is 12.8 Å². The molecule has 1 fully saturated rings. The summed E-state index contributed by atoms with van der Waals surface area (Å²) in [6.45, 7) is 1.93. The number of hydrogen-bond donors (Lipinski definition) is 3. The lowest BCUT2D eigenvalue weighted by atomic mass is 10.1. The Hall–Kier alpha value is -1.55. The minimum Gasteiger partial charge on any atom is -0.335 e. The molecule has 1 aromatic rings. The predicted octanol–water partition coefficient (Wildman–Crippen LogP) is 2.77. The smallest absolute Gasteiger partial charge is 0.319 e. The molecule has 4 N–H and O–H groups in total. The van der Waals surface area contributed by atoms with Gasteiger partial charge in [-0.1, -0.05) is 25.0 Å². The number of benzene rings is 1. The average molecular weight is 247 g/mol. The van der Waals surface area contributed by atoms with Gasteiger partial charge in [0.15, 0.2) is 0 Å². The van der Waals surface area contributed by atoms with Gasteiger partial charge in [-0.3, -0.25) is 0 Å². The molecule has 0 spiro atoms. The molecule has 0 aromatic heterocycles. The minimum absolute atomic E-state index is 0.0235. The highest BCUT2D eigenvalue weighted by molar-refractivity contribution is 5.89. The molecule has 0 bridgehead atoms. The largest absolute Gasteiger partial charge is 0.335 e. The van der Waals surface area contributed by atoms with E-state index in [1.807, 2.05) is 31.2 Å². The van der Waals surface area contributed by atoms with Crippen molar-refractivity contribution >= 4 is 11.7 Å². The van der Waals surface area contributed by atoms with Crippen molar-refractivity contribution in [3.8, 4) is 0 Å². The first-order chi connectivity index (χ1) is 8.65. The van der Waals surface area contributed by atoms with Gasteiger partial charge in [0.1, 0.15) is 0 Å². The van der Waals surface area contributed by atoms with Crippen molar-refractivity contribution in [2.24, 2.45) is 5.73 Å². The molecule has 0 radical (unpaired) electrons. The first kappa shape index (κ1) is 12.9. The molecule has 98 valence electrons. The Labute approximate surface area is 108 Å². The number of amides is 2. The molecular formula is C14H21N3O. The third-order valence-corrected chi connectivity index (χ3v) is 3.36. The van der Waals surface area contributed by atoms with Gasteiger partial charge in [0.05, 0.1) is 0 Å². The van der Waals surface area contributed by atoms with Gasteiger partial charge in [0.25, 0.3) is 0 Å². The standard InChI is InChI=1S/C14H21N3O/c1-10(15)11-5-4-8-13(9-11)17-14(18)16-12-6-2-3-7-12/h4-5,8-10,12H,2-3,6-7,15H2,1H3,(H2,16,17,18). The molecule has 18 heavy (non-hydrogen) atoms. The summed E-state index contributed by atoms with van der Waals surface area (Å²) in [6.07, 6.45) is 4.61. The number of nitrogens with one attached hydrogen (secondary N) is 2. The van der Waals surface area contributed by atoms with E-state index >= 15 is 0 Å². The van der Waals surface area contributed by atoms with Gasteiger partial charge >= 0.3 is 6.03 Å². The van der Waals surface area contributed by atoms with Crippen molar-refractivity contribution in [1.29, 1.82) is 0 Å². The molecule has 1 aromatic carbocycles. The number of carbonyl (C=O) groups excluding carboxylic acids is 1. The van der Waals surface area contributed by atoms with Crippen LogP contribution in [0.4, 0.5) is 10.5 Å². The number of carbonyl (C=O) groups is 1. The van der Waals surface area contributed by atoms with Crippen LogP contribution in [0.3, 0.4) is 0 Å². The van der Waals surface area contributed by atoms with Crippen LogP contribution >= 0.6 is 0 Å². The fraction of sp³-hybridized carbons (Fsp3) is 0.500. The second-order valence-corrected chi connectivity index (χ2v) is 4.99. The zero-order valence-corrected chi connectivity index (χ0v) is 10.8. The molecule has 2 amide bonds. The number of rotatable bonds is 3. The van der Waals surface area contributed by atoms with E-state index in [9.17, 15) is 4.79 Å². The third-order valence-electron chi connectivity index (χ3n) is 3.36. The van der Waals surface area contributed by atoms with Crippen LogP contribution in [0.15, 0.2) is 24.3 Å².